The highest BCUT2D eigenvalue weighted by Crippen LogP contribution is 2.32. The first-order chi connectivity index (χ1) is 8.72. The fraction of sp³-hybridized carbons (Fsp3) is 0.571. The standard InChI is InChI=1S/C14H21FN2O/c1-18-14-10-13(12(16)9-11(14)15)17-7-5-3-2-4-6-8-17/h9-10H,2-8,16H2,1H3. The summed E-state index contributed by atoms with van der Waals surface area (Å²) in [4.78, 5) is 2.25. The monoisotopic (exact) mass is 252 g/mol. The van der Waals surface area contributed by atoms with Gasteiger partial charge in [0.25, 0.3) is 0 Å². The van der Waals surface area contributed by atoms with E-state index in [-0.39, 0.29) is 5.75 Å². The van der Waals surface area contributed by atoms with Gasteiger partial charge in [0, 0.05) is 25.2 Å². The van der Waals surface area contributed by atoms with Crippen LogP contribution >= 0.6 is 0 Å². The normalized spacial score (nSPS) is 17.1. The number of nitrogens with zero attached hydrogens (tertiary/aromatic N) is 1. The number of nitrogen functional groups attached to an aromatic ring is 1. The molecule has 18 heavy (non-hydrogen) atoms. The molecule has 0 aliphatic carbocycles. The second-order valence-corrected chi connectivity index (χ2v) is 4.80. The number of rotatable bonds is 2. The summed E-state index contributed by atoms with van der Waals surface area (Å²) < 4.78 is 18.5. The lowest BCUT2D eigenvalue weighted by molar-refractivity contribution is 0.386. The molecule has 2 N–H and O–H groups in total. The van der Waals surface area contributed by atoms with Crippen LogP contribution in [0, 0.1) is 5.82 Å². The predicted molar refractivity (Wildman–Crippen MR) is 72.7 cm³/mol. The van der Waals surface area contributed by atoms with E-state index in [1.54, 1.807) is 6.07 Å². The Labute approximate surface area is 108 Å². The van der Waals surface area contributed by atoms with Gasteiger partial charge in [-0.25, -0.2) is 4.39 Å². The summed E-state index contributed by atoms with van der Waals surface area (Å²) in [5, 5.41) is 0. The SMILES string of the molecule is COc1cc(N2CCCCCCC2)c(N)cc1F. The van der Waals surface area contributed by atoms with Crippen molar-refractivity contribution in [2.45, 2.75) is 32.1 Å². The van der Waals surface area contributed by atoms with Crippen LogP contribution in [0.15, 0.2) is 12.1 Å². The summed E-state index contributed by atoms with van der Waals surface area (Å²) in [6.45, 7) is 1.97. The molecule has 0 saturated carbocycles. The Balaban J connectivity index is 2.24. The number of ether oxygens (including phenoxy) is 1. The summed E-state index contributed by atoms with van der Waals surface area (Å²) in [6.07, 6.45) is 6.16. The predicted octanol–water partition coefficient (Wildman–Crippen LogP) is 3.19. The van der Waals surface area contributed by atoms with Crippen molar-refractivity contribution in [2.75, 3.05) is 30.8 Å². The van der Waals surface area contributed by atoms with E-state index in [1.165, 1.54) is 45.3 Å². The molecule has 2 rings (SSSR count). The van der Waals surface area contributed by atoms with Gasteiger partial charge in [-0.3, -0.25) is 0 Å². The molecule has 0 atom stereocenters. The average Bonchev–Trinajstić information content (AvgIpc) is 2.30. The van der Waals surface area contributed by atoms with Gasteiger partial charge < -0.3 is 15.4 Å². The molecule has 0 amide bonds. The fourth-order valence-corrected chi connectivity index (χ4v) is 2.48. The third-order valence-electron chi connectivity index (χ3n) is 3.50. The van der Waals surface area contributed by atoms with Gasteiger partial charge in [0.05, 0.1) is 18.5 Å². The van der Waals surface area contributed by atoms with Crippen molar-refractivity contribution in [1.29, 1.82) is 0 Å². The van der Waals surface area contributed by atoms with E-state index in [4.69, 9.17) is 10.5 Å². The van der Waals surface area contributed by atoms with Gasteiger partial charge in [0.15, 0.2) is 11.6 Å². The van der Waals surface area contributed by atoms with Crippen LogP contribution in [0.25, 0.3) is 0 Å². The Morgan fingerprint density at radius 2 is 1.72 bits per heavy atom. The van der Waals surface area contributed by atoms with E-state index < -0.39 is 5.82 Å². The molecule has 4 heteroatoms. The summed E-state index contributed by atoms with van der Waals surface area (Å²) >= 11 is 0. The maximum Gasteiger partial charge on any atom is 0.167 e. The van der Waals surface area contributed by atoms with Crippen LogP contribution in [0.3, 0.4) is 0 Å². The lowest BCUT2D eigenvalue weighted by atomic mass is 10.1. The molecular weight excluding hydrogens is 231 g/mol. The first kappa shape index (κ1) is 13.0. The van der Waals surface area contributed by atoms with Gasteiger partial charge >= 0.3 is 0 Å². The Hall–Kier alpha value is -1.45. The first-order valence-corrected chi connectivity index (χ1v) is 6.60. The summed E-state index contributed by atoms with van der Waals surface area (Å²) in [6, 6.07) is 3.07. The van der Waals surface area contributed by atoms with Crippen LogP contribution in [-0.2, 0) is 0 Å². The molecule has 0 unspecified atom stereocenters. The molecule has 1 fully saturated rings. The molecule has 0 aromatic heterocycles. The van der Waals surface area contributed by atoms with Crippen molar-refractivity contribution < 1.29 is 9.13 Å². The third kappa shape index (κ3) is 2.86. The quantitative estimate of drug-likeness (QED) is 0.821. The van der Waals surface area contributed by atoms with E-state index in [2.05, 4.69) is 4.90 Å². The fourth-order valence-electron chi connectivity index (χ4n) is 2.48. The van der Waals surface area contributed by atoms with Crippen molar-refractivity contribution in [2.24, 2.45) is 0 Å². The minimum atomic E-state index is -0.397. The van der Waals surface area contributed by atoms with E-state index in [1.807, 2.05) is 0 Å². The zero-order valence-electron chi connectivity index (χ0n) is 10.9. The van der Waals surface area contributed by atoms with Crippen molar-refractivity contribution in [3.8, 4) is 5.75 Å². The number of methoxy groups -OCH3 is 1. The van der Waals surface area contributed by atoms with E-state index >= 15 is 0 Å². The molecule has 0 spiro atoms. The molecule has 3 nitrogen and oxygen atoms in total. The Morgan fingerprint density at radius 1 is 1.11 bits per heavy atom. The van der Waals surface area contributed by atoms with Gasteiger partial charge in [-0.2, -0.15) is 0 Å². The first-order valence-electron chi connectivity index (χ1n) is 6.60. The zero-order valence-corrected chi connectivity index (χ0v) is 10.9. The van der Waals surface area contributed by atoms with Crippen molar-refractivity contribution >= 4 is 11.4 Å². The molecule has 1 saturated heterocycles. The number of anilines is 2. The lowest BCUT2D eigenvalue weighted by Gasteiger charge is -2.28. The molecule has 1 aromatic rings. The number of hydrogen-bond donors (Lipinski definition) is 1. The molecular formula is C14H21FN2O. The molecule has 1 aliphatic heterocycles. The maximum absolute atomic E-state index is 13.5. The lowest BCUT2D eigenvalue weighted by Crippen LogP contribution is -2.27. The topological polar surface area (TPSA) is 38.5 Å². The summed E-state index contributed by atoms with van der Waals surface area (Å²) in [7, 11) is 1.48. The molecule has 1 aromatic carbocycles. The van der Waals surface area contributed by atoms with Gasteiger partial charge in [-0.15, -0.1) is 0 Å². The number of benzene rings is 1. The van der Waals surface area contributed by atoms with E-state index in [9.17, 15) is 4.39 Å². The van der Waals surface area contributed by atoms with E-state index in [0.29, 0.717) is 5.69 Å². The second-order valence-electron chi connectivity index (χ2n) is 4.80. The van der Waals surface area contributed by atoms with Gasteiger partial charge in [0.2, 0.25) is 0 Å². The number of halogens is 1. The minimum Gasteiger partial charge on any atom is -0.494 e. The Bertz CT molecular complexity index is 401. The highest BCUT2D eigenvalue weighted by Gasteiger charge is 2.15. The largest absolute Gasteiger partial charge is 0.494 e. The highest BCUT2D eigenvalue weighted by atomic mass is 19.1. The van der Waals surface area contributed by atoms with Crippen molar-refractivity contribution in [3.05, 3.63) is 17.9 Å². The van der Waals surface area contributed by atoms with Crippen LogP contribution in [0.1, 0.15) is 32.1 Å². The van der Waals surface area contributed by atoms with Crippen LogP contribution in [0.4, 0.5) is 15.8 Å². The van der Waals surface area contributed by atoms with Gasteiger partial charge in [-0.1, -0.05) is 19.3 Å². The van der Waals surface area contributed by atoms with Crippen LogP contribution in [0.5, 0.6) is 5.75 Å². The van der Waals surface area contributed by atoms with Crippen molar-refractivity contribution in [3.63, 3.8) is 0 Å². The average molecular weight is 252 g/mol. The molecule has 1 aliphatic rings. The summed E-state index contributed by atoms with van der Waals surface area (Å²) in [5.41, 5.74) is 7.32. The van der Waals surface area contributed by atoms with Crippen LogP contribution in [-0.4, -0.2) is 20.2 Å². The molecule has 0 bridgehead atoms. The summed E-state index contributed by atoms with van der Waals surface area (Å²) in [5.74, 6) is -0.132. The van der Waals surface area contributed by atoms with Gasteiger partial charge in [-0.05, 0) is 12.8 Å². The molecule has 0 radical (unpaired) electrons. The third-order valence-corrected chi connectivity index (χ3v) is 3.50. The number of nitrogens with two attached hydrogens (primary N) is 1. The second kappa shape index (κ2) is 5.94. The van der Waals surface area contributed by atoms with Crippen LogP contribution in [0.2, 0.25) is 0 Å². The molecule has 1 heterocycles. The smallest absolute Gasteiger partial charge is 0.167 e. The highest BCUT2D eigenvalue weighted by molar-refractivity contribution is 5.70. The minimum absolute atomic E-state index is 0.265. The van der Waals surface area contributed by atoms with Crippen LogP contribution < -0.4 is 15.4 Å². The zero-order chi connectivity index (χ0) is 13.0. The Kier molecular flexibility index (Phi) is 4.28. The number of hydrogen-bond acceptors (Lipinski definition) is 3. The van der Waals surface area contributed by atoms with E-state index in [0.717, 1.165) is 18.8 Å². The Morgan fingerprint density at radius 3 is 2.33 bits per heavy atom. The van der Waals surface area contributed by atoms with Crippen molar-refractivity contribution in [1.82, 2.24) is 0 Å². The molecule has 100 valence electrons. The maximum atomic E-state index is 13.5. The van der Waals surface area contributed by atoms with Gasteiger partial charge in [0.1, 0.15) is 0 Å².